The zero-order valence-corrected chi connectivity index (χ0v) is 11.2. The lowest BCUT2D eigenvalue weighted by molar-refractivity contribution is 0.904. The van der Waals surface area contributed by atoms with Crippen LogP contribution in [0.5, 0.6) is 0 Å². The third kappa shape index (κ3) is 1.94. The number of fused-ring (bicyclic) bond motifs is 2. The van der Waals surface area contributed by atoms with E-state index in [1.165, 1.54) is 21.9 Å². The summed E-state index contributed by atoms with van der Waals surface area (Å²) in [4.78, 5) is 0. The van der Waals surface area contributed by atoms with Crippen molar-refractivity contribution in [3.63, 3.8) is 0 Å². The van der Waals surface area contributed by atoms with E-state index in [4.69, 9.17) is 0 Å². The lowest BCUT2D eigenvalue weighted by Crippen LogP contribution is -2.06. The number of rotatable bonds is 1. The molecule has 0 bridgehead atoms. The first-order valence-corrected chi connectivity index (χ1v) is 7.14. The summed E-state index contributed by atoms with van der Waals surface area (Å²) in [5.74, 6) is 0.860. The van der Waals surface area contributed by atoms with Crippen molar-refractivity contribution in [3.05, 3.63) is 96.1 Å². The fraction of sp³-hybridized carbons (Fsp3) is 0.100. The van der Waals surface area contributed by atoms with Gasteiger partial charge in [-0.3, -0.25) is 0 Å². The van der Waals surface area contributed by atoms with Crippen LogP contribution in [0.15, 0.2) is 90.6 Å². The monoisotopic (exact) mass is 256 g/mol. The van der Waals surface area contributed by atoms with Crippen LogP contribution >= 0.6 is 0 Å². The van der Waals surface area contributed by atoms with Crippen LogP contribution in [-0.4, -0.2) is 0 Å². The van der Waals surface area contributed by atoms with Crippen LogP contribution in [0.2, 0.25) is 0 Å². The number of allylic oxidation sites excluding steroid dienone is 8. The van der Waals surface area contributed by atoms with Gasteiger partial charge in [-0.05, 0) is 21.9 Å². The number of benzene rings is 2. The van der Waals surface area contributed by atoms with Crippen molar-refractivity contribution in [3.8, 4) is 0 Å². The molecule has 2 atom stereocenters. The first-order valence-electron chi connectivity index (χ1n) is 7.14. The quantitative estimate of drug-likeness (QED) is 0.618. The van der Waals surface area contributed by atoms with E-state index in [1.54, 1.807) is 0 Å². The summed E-state index contributed by atoms with van der Waals surface area (Å²) < 4.78 is 0. The molecule has 2 aromatic carbocycles. The van der Waals surface area contributed by atoms with Gasteiger partial charge in [-0.1, -0.05) is 85.0 Å². The van der Waals surface area contributed by atoms with E-state index in [2.05, 4.69) is 85.0 Å². The maximum absolute atomic E-state index is 2.38. The van der Waals surface area contributed by atoms with Crippen LogP contribution in [0, 0.1) is 5.92 Å². The number of hydrogen-bond acceptors (Lipinski definition) is 0. The Labute approximate surface area is 119 Å². The maximum Gasteiger partial charge on any atom is 0.0205 e. The molecule has 2 aromatic rings. The van der Waals surface area contributed by atoms with Crippen LogP contribution < -0.4 is 0 Å². The molecule has 0 aliphatic heterocycles. The van der Waals surface area contributed by atoms with Crippen molar-refractivity contribution in [1.29, 1.82) is 0 Å². The van der Waals surface area contributed by atoms with Crippen LogP contribution in [0.4, 0.5) is 0 Å². The van der Waals surface area contributed by atoms with E-state index in [0.29, 0.717) is 11.8 Å². The SMILES string of the molecule is C1=CC2=CC(c3ccc4ccccc4c3)C=CC2C=C1. The summed E-state index contributed by atoms with van der Waals surface area (Å²) >= 11 is 0. The van der Waals surface area contributed by atoms with Crippen molar-refractivity contribution in [1.82, 2.24) is 0 Å². The second kappa shape index (κ2) is 4.64. The predicted molar refractivity (Wildman–Crippen MR) is 85.7 cm³/mol. The fourth-order valence-electron chi connectivity index (χ4n) is 3.04. The first kappa shape index (κ1) is 11.5. The first-order chi connectivity index (χ1) is 9.90. The van der Waals surface area contributed by atoms with Gasteiger partial charge in [0.1, 0.15) is 0 Å². The van der Waals surface area contributed by atoms with Gasteiger partial charge in [-0.25, -0.2) is 0 Å². The zero-order chi connectivity index (χ0) is 13.4. The van der Waals surface area contributed by atoms with Gasteiger partial charge in [0, 0.05) is 11.8 Å². The molecule has 0 spiro atoms. The highest BCUT2D eigenvalue weighted by Crippen LogP contribution is 2.33. The van der Waals surface area contributed by atoms with Crippen molar-refractivity contribution >= 4 is 10.8 Å². The average Bonchev–Trinajstić information content (AvgIpc) is 2.54. The van der Waals surface area contributed by atoms with E-state index >= 15 is 0 Å². The minimum Gasteiger partial charge on any atom is -0.0763 e. The van der Waals surface area contributed by atoms with Crippen LogP contribution in [0.25, 0.3) is 10.8 Å². The van der Waals surface area contributed by atoms with Gasteiger partial charge < -0.3 is 0 Å². The summed E-state index contributed by atoms with van der Waals surface area (Å²) in [6, 6.07) is 15.3. The summed E-state index contributed by atoms with van der Waals surface area (Å²) in [5.41, 5.74) is 2.78. The second-order valence-electron chi connectivity index (χ2n) is 5.45. The van der Waals surface area contributed by atoms with Gasteiger partial charge in [0.15, 0.2) is 0 Å². The molecule has 2 unspecified atom stereocenters. The van der Waals surface area contributed by atoms with E-state index in [-0.39, 0.29) is 0 Å². The minimum atomic E-state index is 0.391. The molecule has 0 amide bonds. The van der Waals surface area contributed by atoms with Gasteiger partial charge in [-0.15, -0.1) is 0 Å². The van der Waals surface area contributed by atoms with Gasteiger partial charge in [0.05, 0.1) is 0 Å². The van der Waals surface area contributed by atoms with Crippen molar-refractivity contribution in [2.45, 2.75) is 5.92 Å². The standard InChI is InChI=1S/C20H16/c1-3-7-17-13-19(11-9-15(17)5-1)20-12-10-16-6-2-4-8-18(16)14-20/h1-15,19H. The molecule has 0 heteroatoms. The van der Waals surface area contributed by atoms with E-state index in [1.807, 2.05) is 0 Å². The number of hydrogen-bond donors (Lipinski definition) is 0. The summed E-state index contributed by atoms with van der Waals surface area (Å²) in [5, 5.41) is 2.63. The Balaban J connectivity index is 1.75. The molecule has 96 valence electrons. The highest BCUT2D eigenvalue weighted by atomic mass is 14.2. The molecule has 0 N–H and O–H groups in total. The maximum atomic E-state index is 2.38. The van der Waals surface area contributed by atoms with Crippen molar-refractivity contribution in [2.24, 2.45) is 5.92 Å². The highest BCUT2D eigenvalue weighted by molar-refractivity contribution is 5.83. The Bertz CT molecular complexity index is 771. The normalized spacial score (nSPS) is 23.7. The molecule has 0 saturated carbocycles. The Morgan fingerprint density at radius 2 is 1.55 bits per heavy atom. The molecule has 0 radical (unpaired) electrons. The van der Waals surface area contributed by atoms with E-state index < -0.39 is 0 Å². The van der Waals surface area contributed by atoms with E-state index in [9.17, 15) is 0 Å². The Morgan fingerprint density at radius 1 is 0.700 bits per heavy atom. The van der Waals surface area contributed by atoms with E-state index in [0.717, 1.165) is 0 Å². The molecule has 0 saturated heterocycles. The van der Waals surface area contributed by atoms with Gasteiger partial charge in [0.2, 0.25) is 0 Å². The van der Waals surface area contributed by atoms with Crippen LogP contribution in [0.1, 0.15) is 11.5 Å². The summed E-state index contributed by atoms with van der Waals surface area (Å²) in [6.07, 6.45) is 15.7. The predicted octanol–water partition coefficient (Wildman–Crippen LogP) is 5.16. The van der Waals surface area contributed by atoms with Crippen molar-refractivity contribution in [2.75, 3.05) is 0 Å². The van der Waals surface area contributed by atoms with Crippen molar-refractivity contribution < 1.29 is 0 Å². The lowest BCUT2D eigenvalue weighted by Gasteiger charge is -2.22. The van der Waals surface area contributed by atoms with Crippen LogP contribution in [0.3, 0.4) is 0 Å². The second-order valence-corrected chi connectivity index (χ2v) is 5.45. The molecule has 2 aliphatic carbocycles. The third-order valence-corrected chi connectivity index (χ3v) is 4.16. The molecule has 0 heterocycles. The molecule has 4 rings (SSSR count). The van der Waals surface area contributed by atoms with Gasteiger partial charge in [-0.2, -0.15) is 0 Å². The summed E-state index contributed by atoms with van der Waals surface area (Å²) in [6.45, 7) is 0. The smallest absolute Gasteiger partial charge is 0.0205 e. The van der Waals surface area contributed by atoms with Gasteiger partial charge in [0.25, 0.3) is 0 Å². The highest BCUT2D eigenvalue weighted by Gasteiger charge is 2.16. The molecule has 0 fully saturated rings. The Hall–Kier alpha value is -2.34. The molecule has 0 nitrogen and oxygen atoms in total. The zero-order valence-electron chi connectivity index (χ0n) is 11.2. The Kier molecular flexibility index (Phi) is 2.67. The lowest BCUT2D eigenvalue weighted by atomic mass is 9.83. The molecule has 20 heavy (non-hydrogen) atoms. The fourth-order valence-corrected chi connectivity index (χ4v) is 3.04. The van der Waals surface area contributed by atoms with Gasteiger partial charge >= 0.3 is 0 Å². The Morgan fingerprint density at radius 3 is 2.50 bits per heavy atom. The van der Waals surface area contributed by atoms with Crippen LogP contribution in [-0.2, 0) is 0 Å². The summed E-state index contributed by atoms with van der Waals surface area (Å²) in [7, 11) is 0. The third-order valence-electron chi connectivity index (χ3n) is 4.16. The molecular formula is C20H16. The minimum absolute atomic E-state index is 0.391. The topological polar surface area (TPSA) is 0 Å². The molecule has 0 aromatic heterocycles. The molecular weight excluding hydrogens is 240 g/mol. The molecule has 2 aliphatic rings. The average molecular weight is 256 g/mol. The largest absolute Gasteiger partial charge is 0.0763 e.